The maximum Gasteiger partial charge on any atom is 0.416 e. The molecule has 2 amide bonds. The Bertz CT molecular complexity index is 1680. The van der Waals surface area contributed by atoms with Crippen LogP contribution in [-0.2, 0) is 20.6 Å². The molecule has 0 saturated carbocycles. The third kappa shape index (κ3) is 6.53. The van der Waals surface area contributed by atoms with Crippen molar-refractivity contribution in [3.63, 3.8) is 0 Å². The number of carboxylic acid groups (broad SMARTS) is 1. The molecule has 276 valence electrons. The number of rotatable bonds is 6. The Labute approximate surface area is 293 Å². The van der Waals surface area contributed by atoms with Gasteiger partial charge in [-0.3, -0.25) is 19.3 Å². The summed E-state index contributed by atoms with van der Waals surface area (Å²) < 4.78 is 74.5. The number of alkyl halides is 5. The number of anilines is 1. The van der Waals surface area contributed by atoms with Crippen molar-refractivity contribution in [2.75, 3.05) is 64.4 Å². The van der Waals surface area contributed by atoms with E-state index in [0.717, 1.165) is 17.2 Å². The van der Waals surface area contributed by atoms with Crippen LogP contribution in [0.1, 0.15) is 61.1 Å². The highest BCUT2D eigenvalue weighted by Crippen LogP contribution is 2.52. The number of aliphatic carboxylic acids is 1. The highest BCUT2D eigenvalue weighted by molar-refractivity contribution is 5.86. The minimum atomic E-state index is -4.54. The fourth-order valence-corrected chi connectivity index (χ4v) is 9.40. The Morgan fingerprint density at radius 1 is 0.961 bits per heavy atom. The number of hydrogen-bond donors (Lipinski definition) is 1. The van der Waals surface area contributed by atoms with Gasteiger partial charge in [-0.1, -0.05) is 18.2 Å². The molecule has 5 aliphatic rings. The smallest absolute Gasteiger partial charge is 0.416 e. The first kappa shape index (κ1) is 35.5. The molecule has 2 unspecified atom stereocenters. The number of halogens is 5. The first-order chi connectivity index (χ1) is 24.1. The van der Waals surface area contributed by atoms with Crippen molar-refractivity contribution < 1.29 is 46.2 Å². The number of hydrogen-bond acceptors (Lipinski definition) is 6. The average Bonchev–Trinajstić information content (AvgIpc) is 3.69. The van der Waals surface area contributed by atoms with E-state index in [1.807, 2.05) is 41.0 Å². The fraction of sp³-hybridized carbons (Fsp3) is 0.595. The zero-order valence-electron chi connectivity index (χ0n) is 28.7. The lowest BCUT2D eigenvalue weighted by molar-refractivity contribution is -0.143. The first-order valence-corrected chi connectivity index (χ1v) is 17.6. The van der Waals surface area contributed by atoms with Crippen LogP contribution >= 0.6 is 0 Å². The van der Waals surface area contributed by atoms with Gasteiger partial charge in [0.25, 0.3) is 5.92 Å². The van der Waals surface area contributed by atoms with Crippen molar-refractivity contribution >= 4 is 23.5 Å². The summed E-state index contributed by atoms with van der Waals surface area (Å²) in [6.07, 6.45) is -4.71. The molecular formula is C37H43F5N4O5. The Kier molecular flexibility index (Phi) is 8.99. The van der Waals surface area contributed by atoms with Gasteiger partial charge in [0.2, 0.25) is 11.8 Å². The third-order valence-electron chi connectivity index (χ3n) is 12.2. The SMILES string of the molecule is COc1ccc([C@@H]2CN(CC(=O)N3CCC(F)(F)CC3)C[C@@]2(C)C(=O)N2C[C@@H]3c4ccc(C(F)(F)F)cc4N4CCC(C(=O)O)CC4[C@H]3C2)cc1. The topological polar surface area (TPSA) is 93.6 Å². The van der Waals surface area contributed by atoms with Crippen molar-refractivity contribution in [2.24, 2.45) is 17.3 Å². The van der Waals surface area contributed by atoms with Crippen LogP contribution in [0.5, 0.6) is 5.75 Å². The predicted octanol–water partition coefficient (Wildman–Crippen LogP) is 5.30. The minimum Gasteiger partial charge on any atom is -0.497 e. The van der Waals surface area contributed by atoms with E-state index >= 15 is 0 Å². The second-order valence-corrected chi connectivity index (χ2v) is 15.2. The zero-order valence-corrected chi connectivity index (χ0v) is 28.7. The first-order valence-electron chi connectivity index (χ1n) is 17.6. The number of carboxylic acids is 1. The number of nitrogens with zero attached hydrogens (tertiary/aromatic N) is 4. The van der Waals surface area contributed by atoms with Gasteiger partial charge in [-0.2, -0.15) is 13.2 Å². The molecule has 2 aromatic rings. The maximum absolute atomic E-state index is 14.9. The summed E-state index contributed by atoms with van der Waals surface area (Å²) in [7, 11) is 1.56. The predicted molar refractivity (Wildman–Crippen MR) is 177 cm³/mol. The van der Waals surface area contributed by atoms with E-state index < -0.39 is 35.0 Å². The van der Waals surface area contributed by atoms with Gasteiger partial charge in [-0.15, -0.1) is 0 Å². The third-order valence-corrected chi connectivity index (χ3v) is 12.2. The molecule has 0 aromatic heterocycles. The van der Waals surface area contributed by atoms with Gasteiger partial charge in [0, 0.05) is 88.1 Å². The number of amides is 2. The number of methoxy groups -OCH3 is 1. The lowest BCUT2D eigenvalue weighted by atomic mass is 9.73. The molecule has 0 bridgehead atoms. The summed E-state index contributed by atoms with van der Waals surface area (Å²) >= 11 is 0. The Morgan fingerprint density at radius 2 is 1.67 bits per heavy atom. The van der Waals surface area contributed by atoms with E-state index in [4.69, 9.17) is 4.74 Å². The second kappa shape index (κ2) is 12.9. The average molecular weight is 719 g/mol. The molecule has 1 N–H and O–H groups in total. The Hall–Kier alpha value is -3.94. The summed E-state index contributed by atoms with van der Waals surface area (Å²) in [6.45, 7) is 3.34. The largest absolute Gasteiger partial charge is 0.497 e. The molecule has 0 spiro atoms. The molecule has 4 fully saturated rings. The number of benzene rings is 2. The monoisotopic (exact) mass is 718 g/mol. The van der Waals surface area contributed by atoms with E-state index in [-0.39, 0.29) is 87.6 Å². The van der Waals surface area contributed by atoms with Crippen molar-refractivity contribution in [1.29, 1.82) is 0 Å². The minimum absolute atomic E-state index is 0.0190. The number of carbonyl (C=O) groups excluding carboxylic acids is 2. The van der Waals surface area contributed by atoms with Gasteiger partial charge in [-0.25, -0.2) is 8.78 Å². The molecule has 5 heterocycles. The van der Waals surface area contributed by atoms with Gasteiger partial charge in [0.1, 0.15) is 5.75 Å². The van der Waals surface area contributed by atoms with Crippen molar-refractivity contribution in [3.8, 4) is 5.75 Å². The molecule has 9 nitrogen and oxygen atoms in total. The molecular weight excluding hydrogens is 675 g/mol. The number of fused-ring (bicyclic) bond motifs is 6. The highest BCUT2D eigenvalue weighted by Gasteiger charge is 2.56. The van der Waals surface area contributed by atoms with Crippen LogP contribution < -0.4 is 9.64 Å². The molecule has 5 aliphatic heterocycles. The molecule has 0 aliphatic carbocycles. The summed E-state index contributed by atoms with van der Waals surface area (Å²) in [4.78, 5) is 47.4. The molecule has 0 radical (unpaired) electrons. The van der Waals surface area contributed by atoms with Crippen LogP contribution in [0, 0.1) is 17.3 Å². The summed E-state index contributed by atoms with van der Waals surface area (Å²) in [5, 5.41) is 9.89. The van der Waals surface area contributed by atoms with Gasteiger partial charge >= 0.3 is 12.1 Å². The number of likely N-dealkylation sites (tertiary alicyclic amines) is 3. The van der Waals surface area contributed by atoms with E-state index in [0.29, 0.717) is 37.5 Å². The molecule has 14 heteroatoms. The molecule has 2 aromatic carbocycles. The van der Waals surface area contributed by atoms with Crippen LogP contribution in [0.15, 0.2) is 42.5 Å². The van der Waals surface area contributed by atoms with Crippen LogP contribution in [0.3, 0.4) is 0 Å². The molecule has 6 atom stereocenters. The van der Waals surface area contributed by atoms with Crippen LogP contribution in [0.25, 0.3) is 0 Å². The maximum atomic E-state index is 14.9. The van der Waals surface area contributed by atoms with Crippen molar-refractivity contribution in [2.45, 2.75) is 62.6 Å². The second-order valence-electron chi connectivity index (χ2n) is 15.2. The van der Waals surface area contributed by atoms with E-state index in [9.17, 15) is 41.4 Å². The number of carbonyl (C=O) groups is 3. The lowest BCUT2D eigenvalue weighted by Crippen LogP contribution is -2.53. The van der Waals surface area contributed by atoms with Crippen LogP contribution in [-0.4, -0.2) is 109 Å². The van der Waals surface area contributed by atoms with Crippen molar-refractivity contribution in [3.05, 3.63) is 59.2 Å². The van der Waals surface area contributed by atoms with E-state index in [2.05, 4.69) is 0 Å². The fourth-order valence-electron chi connectivity index (χ4n) is 9.40. The van der Waals surface area contributed by atoms with Gasteiger partial charge in [0.05, 0.1) is 30.6 Å². The molecule has 7 rings (SSSR count). The standard InChI is InChI=1S/C37H43F5N4O5/c1-35(21-43(19-29(35)22-3-6-25(51-2)7-4-22)20-32(47)44-13-10-36(38,39)11-14-44)34(50)45-17-27-26-8-5-24(37(40,41)42)16-31(26)46-12-9-23(33(48)49)15-30(46)28(27)18-45/h3-8,16,23,27-30H,9-15,17-21H2,1-2H3,(H,48,49)/t23?,27-,28+,29+,30?,35-/m1/s1. The van der Waals surface area contributed by atoms with E-state index in [1.165, 1.54) is 17.0 Å². The van der Waals surface area contributed by atoms with Crippen LogP contribution in [0.4, 0.5) is 27.6 Å². The Balaban J connectivity index is 1.18. The summed E-state index contributed by atoms with van der Waals surface area (Å²) in [6, 6.07) is 10.9. The van der Waals surface area contributed by atoms with Gasteiger partial charge < -0.3 is 24.5 Å². The summed E-state index contributed by atoms with van der Waals surface area (Å²) in [5.74, 6) is -4.90. The molecule has 4 saturated heterocycles. The zero-order chi connectivity index (χ0) is 36.5. The van der Waals surface area contributed by atoms with Gasteiger partial charge in [0.15, 0.2) is 0 Å². The Morgan fingerprint density at radius 3 is 2.31 bits per heavy atom. The van der Waals surface area contributed by atoms with E-state index in [1.54, 1.807) is 12.0 Å². The van der Waals surface area contributed by atoms with Gasteiger partial charge in [-0.05, 0) is 55.2 Å². The normalized spacial score (nSPS) is 30.4. The lowest BCUT2D eigenvalue weighted by Gasteiger charge is -2.49. The number of ether oxygens (including phenoxy) is 1. The van der Waals surface area contributed by atoms with Crippen molar-refractivity contribution in [1.82, 2.24) is 14.7 Å². The molecule has 51 heavy (non-hydrogen) atoms. The van der Waals surface area contributed by atoms with Crippen LogP contribution in [0.2, 0.25) is 0 Å². The highest BCUT2D eigenvalue weighted by atomic mass is 19.4. The number of piperidine rings is 2. The quantitative estimate of drug-likeness (QED) is 0.406. The summed E-state index contributed by atoms with van der Waals surface area (Å²) in [5.41, 5.74) is 0.298.